The predicted molar refractivity (Wildman–Crippen MR) is 114 cm³/mol. The van der Waals surface area contributed by atoms with Crippen molar-refractivity contribution in [1.82, 2.24) is 10.2 Å². The molecule has 1 unspecified atom stereocenters. The van der Waals surface area contributed by atoms with Crippen molar-refractivity contribution in [3.63, 3.8) is 0 Å². The molecule has 1 N–H and O–H groups in total. The van der Waals surface area contributed by atoms with E-state index in [9.17, 15) is 9.59 Å². The largest absolute Gasteiger partial charge is 0.356 e. The van der Waals surface area contributed by atoms with Gasteiger partial charge in [-0.2, -0.15) is 0 Å². The summed E-state index contributed by atoms with van der Waals surface area (Å²) in [5.74, 6) is 0.121. The number of carbonyl (C=O) groups excluding carboxylic acids is 2. The Morgan fingerprint density at radius 3 is 2.04 bits per heavy atom. The fraction of sp³-hybridized carbons (Fsp3) is 0.417. The van der Waals surface area contributed by atoms with Crippen LogP contribution < -0.4 is 5.32 Å². The van der Waals surface area contributed by atoms with Gasteiger partial charge in [0.15, 0.2) is 0 Å². The first kappa shape index (κ1) is 21.7. The third-order valence-corrected chi connectivity index (χ3v) is 5.07. The molecule has 0 heterocycles. The Morgan fingerprint density at radius 1 is 0.893 bits per heavy atom. The Morgan fingerprint density at radius 2 is 1.46 bits per heavy atom. The summed E-state index contributed by atoms with van der Waals surface area (Å²) in [7, 11) is 0. The van der Waals surface area contributed by atoms with Crippen LogP contribution in [0, 0.1) is 0 Å². The molecule has 2 amide bonds. The molecule has 4 heteroatoms. The lowest BCUT2D eigenvalue weighted by Crippen LogP contribution is -2.41. The van der Waals surface area contributed by atoms with E-state index in [2.05, 4.69) is 24.4 Å². The van der Waals surface area contributed by atoms with Gasteiger partial charge in [-0.3, -0.25) is 9.59 Å². The third-order valence-electron chi connectivity index (χ3n) is 5.07. The van der Waals surface area contributed by atoms with Crippen molar-refractivity contribution in [3.05, 3.63) is 71.8 Å². The average Bonchev–Trinajstić information content (AvgIpc) is 2.73. The molecular formula is C24H32N2O2. The van der Waals surface area contributed by atoms with Gasteiger partial charge in [-0.05, 0) is 37.3 Å². The Bertz CT molecular complexity index is 716. The van der Waals surface area contributed by atoms with E-state index >= 15 is 0 Å². The number of nitrogens with one attached hydrogen (secondary N) is 1. The van der Waals surface area contributed by atoms with E-state index in [1.165, 1.54) is 11.1 Å². The summed E-state index contributed by atoms with van der Waals surface area (Å²) < 4.78 is 0. The van der Waals surface area contributed by atoms with Crippen LogP contribution in [0.4, 0.5) is 0 Å². The van der Waals surface area contributed by atoms with Gasteiger partial charge >= 0.3 is 0 Å². The molecule has 0 aromatic heterocycles. The molecule has 150 valence electrons. The lowest BCUT2D eigenvalue weighted by atomic mass is 10.1. The van der Waals surface area contributed by atoms with Crippen LogP contribution in [-0.4, -0.2) is 35.8 Å². The first-order valence-electron chi connectivity index (χ1n) is 10.2. The highest BCUT2D eigenvalue weighted by Gasteiger charge is 2.19. The molecule has 0 aliphatic heterocycles. The molecule has 0 aliphatic rings. The van der Waals surface area contributed by atoms with Gasteiger partial charge < -0.3 is 10.2 Å². The number of hydrogen-bond donors (Lipinski definition) is 1. The highest BCUT2D eigenvalue weighted by Crippen LogP contribution is 2.10. The SMILES string of the molecule is CCC(C)N(CCC(=O)NCCc1ccccc1)C(=O)CCc1ccccc1. The van der Waals surface area contributed by atoms with Gasteiger partial charge in [-0.1, -0.05) is 67.6 Å². The summed E-state index contributed by atoms with van der Waals surface area (Å²) in [4.78, 5) is 26.8. The van der Waals surface area contributed by atoms with Crippen LogP contribution >= 0.6 is 0 Å². The number of aryl methyl sites for hydroxylation is 1. The van der Waals surface area contributed by atoms with Crippen LogP contribution in [0.25, 0.3) is 0 Å². The molecule has 0 saturated heterocycles. The third kappa shape index (κ3) is 7.55. The van der Waals surface area contributed by atoms with E-state index in [0.717, 1.165) is 19.3 Å². The Balaban J connectivity index is 1.77. The van der Waals surface area contributed by atoms with E-state index in [1.807, 2.05) is 60.4 Å². The van der Waals surface area contributed by atoms with Gasteiger partial charge in [0.05, 0.1) is 0 Å². The minimum Gasteiger partial charge on any atom is -0.356 e. The fourth-order valence-corrected chi connectivity index (χ4v) is 3.15. The lowest BCUT2D eigenvalue weighted by Gasteiger charge is -2.28. The normalized spacial score (nSPS) is 11.6. The summed E-state index contributed by atoms with van der Waals surface area (Å²) in [5.41, 5.74) is 2.37. The summed E-state index contributed by atoms with van der Waals surface area (Å²) in [6.45, 7) is 5.21. The van der Waals surface area contributed by atoms with Crippen LogP contribution in [-0.2, 0) is 22.4 Å². The first-order chi connectivity index (χ1) is 13.6. The number of amides is 2. The Kier molecular flexibility index (Phi) is 9.26. The zero-order chi connectivity index (χ0) is 20.2. The van der Waals surface area contributed by atoms with Gasteiger partial charge in [0.2, 0.25) is 11.8 Å². The maximum absolute atomic E-state index is 12.7. The van der Waals surface area contributed by atoms with Crippen molar-refractivity contribution in [3.8, 4) is 0 Å². The minimum atomic E-state index is 0.0000866. The molecule has 0 radical (unpaired) electrons. The van der Waals surface area contributed by atoms with Crippen molar-refractivity contribution < 1.29 is 9.59 Å². The first-order valence-corrected chi connectivity index (χ1v) is 10.2. The van der Waals surface area contributed by atoms with Gasteiger partial charge in [-0.25, -0.2) is 0 Å². The fourth-order valence-electron chi connectivity index (χ4n) is 3.15. The monoisotopic (exact) mass is 380 g/mol. The molecule has 4 nitrogen and oxygen atoms in total. The van der Waals surface area contributed by atoms with E-state index in [1.54, 1.807) is 0 Å². The van der Waals surface area contributed by atoms with Crippen LogP contribution in [0.1, 0.15) is 44.2 Å². The average molecular weight is 381 g/mol. The second-order valence-electron chi connectivity index (χ2n) is 7.17. The van der Waals surface area contributed by atoms with Crippen molar-refractivity contribution in [1.29, 1.82) is 0 Å². The molecule has 0 saturated carbocycles. The van der Waals surface area contributed by atoms with Crippen LogP contribution in [0.2, 0.25) is 0 Å². The smallest absolute Gasteiger partial charge is 0.223 e. The van der Waals surface area contributed by atoms with E-state index in [-0.39, 0.29) is 17.9 Å². The van der Waals surface area contributed by atoms with Gasteiger partial charge in [-0.15, -0.1) is 0 Å². The highest BCUT2D eigenvalue weighted by molar-refractivity contribution is 5.79. The van der Waals surface area contributed by atoms with E-state index in [0.29, 0.717) is 25.9 Å². The summed E-state index contributed by atoms with van der Waals surface area (Å²) in [6, 6.07) is 20.3. The summed E-state index contributed by atoms with van der Waals surface area (Å²) >= 11 is 0. The van der Waals surface area contributed by atoms with Crippen LogP contribution in [0.3, 0.4) is 0 Å². The molecule has 2 aromatic rings. The van der Waals surface area contributed by atoms with Crippen molar-refractivity contribution in [2.24, 2.45) is 0 Å². The maximum atomic E-state index is 12.7. The molecular weight excluding hydrogens is 348 g/mol. The lowest BCUT2D eigenvalue weighted by molar-refractivity contribution is -0.134. The molecule has 1 atom stereocenters. The topological polar surface area (TPSA) is 49.4 Å². The zero-order valence-electron chi connectivity index (χ0n) is 17.1. The number of hydrogen-bond acceptors (Lipinski definition) is 2. The number of benzene rings is 2. The predicted octanol–water partition coefficient (Wildman–Crippen LogP) is 4.00. The van der Waals surface area contributed by atoms with Crippen molar-refractivity contribution in [2.45, 2.75) is 52.0 Å². The van der Waals surface area contributed by atoms with Crippen LogP contribution in [0.15, 0.2) is 60.7 Å². The molecule has 0 spiro atoms. The van der Waals surface area contributed by atoms with Crippen molar-refractivity contribution in [2.75, 3.05) is 13.1 Å². The second-order valence-corrected chi connectivity index (χ2v) is 7.17. The Hall–Kier alpha value is -2.62. The van der Waals surface area contributed by atoms with Gasteiger partial charge in [0.25, 0.3) is 0 Å². The molecule has 0 fully saturated rings. The number of rotatable bonds is 11. The molecule has 2 aromatic carbocycles. The highest BCUT2D eigenvalue weighted by atomic mass is 16.2. The minimum absolute atomic E-state index is 0.0000866. The zero-order valence-corrected chi connectivity index (χ0v) is 17.1. The van der Waals surface area contributed by atoms with E-state index in [4.69, 9.17) is 0 Å². The van der Waals surface area contributed by atoms with Crippen LogP contribution in [0.5, 0.6) is 0 Å². The van der Waals surface area contributed by atoms with Gasteiger partial charge in [0.1, 0.15) is 0 Å². The second kappa shape index (κ2) is 12.0. The molecule has 28 heavy (non-hydrogen) atoms. The molecule has 0 aliphatic carbocycles. The standard InChI is InChI=1S/C24H32N2O2/c1-3-20(2)26(24(28)15-14-21-10-6-4-7-11-21)19-17-23(27)25-18-16-22-12-8-5-9-13-22/h4-13,20H,3,14-19H2,1-2H3,(H,25,27). The molecule has 2 rings (SSSR count). The Labute approximate surface area is 169 Å². The van der Waals surface area contributed by atoms with Gasteiger partial charge in [0, 0.05) is 32.0 Å². The summed E-state index contributed by atoms with van der Waals surface area (Å²) in [5, 5.41) is 2.96. The number of carbonyl (C=O) groups is 2. The van der Waals surface area contributed by atoms with E-state index < -0.39 is 0 Å². The number of nitrogens with zero attached hydrogens (tertiary/aromatic N) is 1. The molecule has 0 bridgehead atoms. The van der Waals surface area contributed by atoms with Crippen molar-refractivity contribution >= 4 is 11.8 Å². The maximum Gasteiger partial charge on any atom is 0.223 e. The quantitative estimate of drug-likeness (QED) is 0.641. The summed E-state index contributed by atoms with van der Waals surface area (Å²) in [6.07, 6.45) is 3.25.